The van der Waals surface area contributed by atoms with Crippen LogP contribution in [0, 0.1) is 0 Å². The molecule has 2 aromatic heterocycles. The Hall–Kier alpha value is -3.55. The molecule has 0 saturated carbocycles. The summed E-state index contributed by atoms with van der Waals surface area (Å²) in [5.74, 6) is 1.28. The van der Waals surface area contributed by atoms with Crippen molar-refractivity contribution in [2.45, 2.75) is 13.1 Å². The number of amides is 2. The van der Waals surface area contributed by atoms with Crippen LogP contribution in [0.3, 0.4) is 0 Å². The number of methoxy groups -OCH3 is 2. The van der Waals surface area contributed by atoms with E-state index in [1.807, 2.05) is 48.7 Å². The van der Waals surface area contributed by atoms with Gasteiger partial charge in [0.2, 0.25) is 0 Å². The zero-order valence-corrected chi connectivity index (χ0v) is 15.9. The normalized spacial score (nSPS) is 10.4. The quantitative estimate of drug-likeness (QED) is 0.626. The molecule has 28 heavy (non-hydrogen) atoms. The molecule has 1 aromatic carbocycles. The molecule has 0 aliphatic carbocycles. The predicted octanol–water partition coefficient (Wildman–Crippen LogP) is 2.46. The van der Waals surface area contributed by atoms with Gasteiger partial charge in [0.1, 0.15) is 5.69 Å². The van der Waals surface area contributed by atoms with E-state index in [4.69, 9.17) is 9.47 Å². The van der Waals surface area contributed by atoms with Gasteiger partial charge in [-0.05, 0) is 35.9 Å². The van der Waals surface area contributed by atoms with Crippen LogP contribution in [0.25, 0.3) is 11.4 Å². The molecule has 0 aliphatic heterocycles. The Labute approximate surface area is 163 Å². The molecule has 3 aromatic rings. The van der Waals surface area contributed by atoms with Crippen LogP contribution in [0.15, 0.2) is 54.9 Å². The predicted molar refractivity (Wildman–Crippen MR) is 105 cm³/mol. The van der Waals surface area contributed by atoms with Crippen LogP contribution in [0.2, 0.25) is 0 Å². The van der Waals surface area contributed by atoms with Crippen molar-refractivity contribution >= 4 is 6.03 Å². The monoisotopic (exact) mass is 381 g/mol. The Morgan fingerprint density at radius 3 is 2.64 bits per heavy atom. The molecule has 8 heteroatoms. The zero-order valence-electron chi connectivity index (χ0n) is 15.9. The number of hydrogen-bond acceptors (Lipinski definition) is 5. The standard InChI is InChI=1S/C20H23N5O3/c1-27-18-7-6-15(13-19(18)28-2)14-23-20(26)22-10-12-25-11-8-17(24-25)16-5-3-4-9-21-16/h3-9,11,13H,10,12,14H2,1-2H3,(H2,22,23,26). The molecule has 8 nitrogen and oxygen atoms in total. The Kier molecular flexibility index (Phi) is 6.46. The second kappa shape index (κ2) is 9.40. The van der Waals surface area contributed by atoms with Gasteiger partial charge in [-0.15, -0.1) is 0 Å². The minimum absolute atomic E-state index is 0.244. The number of nitrogens with one attached hydrogen (secondary N) is 2. The van der Waals surface area contributed by atoms with Crippen molar-refractivity contribution in [2.75, 3.05) is 20.8 Å². The number of carbonyl (C=O) groups excluding carboxylic acids is 1. The van der Waals surface area contributed by atoms with Crippen LogP contribution in [0.1, 0.15) is 5.56 Å². The van der Waals surface area contributed by atoms with Gasteiger partial charge < -0.3 is 20.1 Å². The summed E-state index contributed by atoms with van der Waals surface area (Å²) in [6.07, 6.45) is 3.60. The van der Waals surface area contributed by atoms with Crippen molar-refractivity contribution in [1.29, 1.82) is 0 Å². The largest absolute Gasteiger partial charge is 0.493 e. The first-order valence-electron chi connectivity index (χ1n) is 8.87. The van der Waals surface area contributed by atoms with Crippen LogP contribution in [0.4, 0.5) is 4.79 Å². The summed E-state index contributed by atoms with van der Waals surface area (Å²) in [4.78, 5) is 16.3. The average Bonchev–Trinajstić information content (AvgIpc) is 3.21. The van der Waals surface area contributed by atoms with E-state index >= 15 is 0 Å². The molecule has 3 rings (SSSR count). The van der Waals surface area contributed by atoms with Crippen molar-refractivity contribution in [1.82, 2.24) is 25.4 Å². The molecule has 2 amide bonds. The van der Waals surface area contributed by atoms with Crippen molar-refractivity contribution in [3.63, 3.8) is 0 Å². The number of rotatable bonds is 8. The third kappa shape index (κ3) is 5.00. The molecule has 2 heterocycles. The summed E-state index contributed by atoms with van der Waals surface area (Å²) in [5, 5.41) is 10.1. The number of nitrogens with zero attached hydrogens (tertiary/aromatic N) is 3. The van der Waals surface area contributed by atoms with Crippen LogP contribution < -0.4 is 20.1 Å². The minimum atomic E-state index is -0.244. The maximum Gasteiger partial charge on any atom is 0.315 e. The van der Waals surface area contributed by atoms with Crippen LogP contribution >= 0.6 is 0 Å². The van der Waals surface area contributed by atoms with Crippen LogP contribution in [0.5, 0.6) is 11.5 Å². The van der Waals surface area contributed by atoms with E-state index in [-0.39, 0.29) is 6.03 Å². The molecule has 0 atom stereocenters. The fraction of sp³-hybridized carbons (Fsp3) is 0.250. The Balaban J connectivity index is 1.43. The lowest BCUT2D eigenvalue weighted by Gasteiger charge is -2.11. The highest BCUT2D eigenvalue weighted by Crippen LogP contribution is 2.27. The Morgan fingerprint density at radius 2 is 1.89 bits per heavy atom. The lowest BCUT2D eigenvalue weighted by atomic mass is 10.2. The summed E-state index contributed by atoms with van der Waals surface area (Å²) in [6.45, 7) is 1.41. The molecular formula is C20H23N5O3. The number of ether oxygens (including phenoxy) is 2. The lowest BCUT2D eigenvalue weighted by molar-refractivity contribution is 0.240. The maximum absolute atomic E-state index is 12.0. The summed E-state index contributed by atoms with van der Waals surface area (Å²) < 4.78 is 12.2. The first-order valence-corrected chi connectivity index (χ1v) is 8.87. The average molecular weight is 381 g/mol. The van der Waals surface area contributed by atoms with Crippen molar-refractivity contribution < 1.29 is 14.3 Å². The van der Waals surface area contributed by atoms with Gasteiger partial charge >= 0.3 is 6.03 Å². The fourth-order valence-electron chi connectivity index (χ4n) is 2.66. The highest BCUT2D eigenvalue weighted by Gasteiger charge is 2.07. The van der Waals surface area contributed by atoms with Gasteiger partial charge in [-0.3, -0.25) is 9.67 Å². The van der Waals surface area contributed by atoms with E-state index < -0.39 is 0 Å². The molecule has 2 N–H and O–H groups in total. The second-order valence-electron chi connectivity index (χ2n) is 5.98. The second-order valence-corrected chi connectivity index (χ2v) is 5.98. The molecule has 0 fully saturated rings. The van der Waals surface area contributed by atoms with E-state index in [0.29, 0.717) is 31.1 Å². The van der Waals surface area contributed by atoms with E-state index in [0.717, 1.165) is 17.0 Å². The Morgan fingerprint density at radius 1 is 1.04 bits per heavy atom. The molecule has 0 bridgehead atoms. The summed E-state index contributed by atoms with van der Waals surface area (Å²) in [6, 6.07) is 12.9. The summed E-state index contributed by atoms with van der Waals surface area (Å²) in [5.41, 5.74) is 2.54. The first-order chi connectivity index (χ1) is 13.7. The van der Waals surface area contributed by atoms with E-state index in [9.17, 15) is 4.79 Å². The maximum atomic E-state index is 12.0. The van der Waals surface area contributed by atoms with Gasteiger partial charge in [-0.25, -0.2) is 4.79 Å². The molecule has 0 saturated heterocycles. The number of benzene rings is 1. The molecule has 0 radical (unpaired) electrons. The van der Waals surface area contributed by atoms with E-state index in [1.165, 1.54) is 0 Å². The number of carbonyl (C=O) groups is 1. The van der Waals surface area contributed by atoms with Gasteiger partial charge in [0.25, 0.3) is 0 Å². The molecule has 0 spiro atoms. The smallest absolute Gasteiger partial charge is 0.315 e. The number of hydrogen-bond donors (Lipinski definition) is 2. The van der Waals surface area contributed by atoms with Crippen molar-refractivity contribution in [3.05, 3.63) is 60.4 Å². The van der Waals surface area contributed by atoms with Crippen molar-refractivity contribution in [2.24, 2.45) is 0 Å². The van der Waals surface area contributed by atoms with Crippen LogP contribution in [-0.2, 0) is 13.1 Å². The van der Waals surface area contributed by atoms with Gasteiger partial charge in [-0.2, -0.15) is 5.10 Å². The number of urea groups is 1. The highest BCUT2D eigenvalue weighted by molar-refractivity contribution is 5.73. The van der Waals surface area contributed by atoms with E-state index in [1.54, 1.807) is 25.1 Å². The lowest BCUT2D eigenvalue weighted by Crippen LogP contribution is -2.36. The summed E-state index contributed by atoms with van der Waals surface area (Å²) in [7, 11) is 3.17. The fourth-order valence-corrected chi connectivity index (χ4v) is 2.66. The topological polar surface area (TPSA) is 90.3 Å². The zero-order chi connectivity index (χ0) is 19.8. The van der Waals surface area contributed by atoms with E-state index in [2.05, 4.69) is 20.7 Å². The minimum Gasteiger partial charge on any atom is -0.493 e. The highest BCUT2D eigenvalue weighted by atomic mass is 16.5. The van der Waals surface area contributed by atoms with Gasteiger partial charge in [0.15, 0.2) is 11.5 Å². The van der Waals surface area contributed by atoms with Gasteiger partial charge in [0.05, 0.1) is 26.5 Å². The first kappa shape index (κ1) is 19.2. The third-order valence-electron chi connectivity index (χ3n) is 4.10. The molecular weight excluding hydrogens is 358 g/mol. The van der Waals surface area contributed by atoms with Gasteiger partial charge in [-0.1, -0.05) is 12.1 Å². The SMILES string of the molecule is COc1ccc(CNC(=O)NCCn2ccc(-c3ccccn3)n2)cc1OC. The summed E-state index contributed by atoms with van der Waals surface area (Å²) >= 11 is 0. The van der Waals surface area contributed by atoms with Crippen LogP contribution in [-0.4, -0.2) is 41.6 Å². The Bertz CT molecular complexity index is 911. The number of aromatic nitrogens is 3. The molecule has 0 unspecified atom stereocenters. The van der Waals surface area contributed by atoms with Crippen molar-refractivity contribution in [3.8, 4) is 22.9 Å². The number of pyridine rings is 1. The molecule has 146 valence electrons. The van der Waals surface area contributed by atoms with Gasteiger partial charge in [0, 0.05) is 25.5 Å². The molecule has 0 aliphatic rings. The third-order valence-corrected chi connectivity index (χ3v) is 4.10.